The maximum absolute atomic E-state index is 12.6. The maximum Gasteiger partial charge on any atom is 0.490 e. The number of hydrogen-bond donors (Lipinski definition) is 5. The second-order valence-electron chi connectivity index (χ2n) is 6.96. The molecule has 0 unspecified atom stereocenters. The molecule has 0 aliphatic rings. The summed E-state index contributed by atoms with van der Waals surface area (Å²) < 4.78 is 33.1. The molecule has 1 heterocycles. The minimum absolute atomic E-state index is 0.0841. The molecule has 1 aromatic heterocycles. The molecule has 14 heteroatoms. The van der Waals surface area contributed by atoms with Gasteiger partial charge in [-0.2, -0.15) is 13.2 Å². The van der Waals surface area contributed by atoms with E-state index in [0.717, 1.165) is 5.56 Å². The van der Waals surface area contributed by atoms with Crippen LogP contribution in [0, 0.1) is 0 Å². The minimum atomic E-state index is -5.08. The molecule has 0 fully saturated rings. The van der Waals surface area contributed by atoms with Crippen molar-refractivity contribution in [3.63, 3.8) is 0 Å². The van der Waals surface area contributed by atoms with Gasteiger partial charge in [0.1, 0.15) is 11.6 Å². The molecule has 0 saturated carbocycles. The van der Waals surface area contributed by atoms with Crippen LogP contribution in [-0.2, 0) is 16.1 Å². The third-order valence-electron chi connectivity index (χ3n) is 4.25. The van der Waals surface area contributed by atoms with Gasteiger partial charge in [0.25, 0.3) is 11.5 Å². The van der Waals surface area contributed by atoms with Crippen molar-refractivity contribution in [1.82, 2.24) is 9.88 Å². The number of nitrogens with one attached hydrogen (secondary N) is 1. The van der Waals surface area contributed by atoms with Crippen LogP contribution in [0.5, 0.6) is 0 Å². The highest BCUT2D eigenvalue weighted by molar-refractivity contribution is 5.96. The number of halogens is 3. The number of carboxylic acid groups (broad SMARTS) is 2. The molecular formula is C21H24F3N5O6. The Bertz CT molecular complexity index is 1100. The van der Waals surface area contributed by atoms with Crippen LogP contribution in [0.25, 0.3) is 0 Å². The predicted octanol–water partition coefficient (Wildman–Crippen LogP) is 0.767. The minimum Gasteiger partial charge on any atom is -0.480 e. The van der Waals surface area contributed by atoms with Gasteiger partial charge in [-0.1, -0.05) is 30.3 Å². The Labute approximate surface area is 196 Å². The van der Waals surface area contributed by atoms with Gasteiger partial charge in [-0.3, -0.25) is 14.6 Å². The monoisotopic (exact) mass is 499 g/mol. The van der Waals surface area contributed by atoms with Gasteiger partial charge in [0.15, 0.2) is 5.96 Å². The number of benzene rings is 1. The number of aromatic nitrogens is 1. The fourth-order valence-corrected chi connectivity index (χ4v) is 2.61. The lowest BCUT2D eigenvalue weighted by Gasteiger charge is -2.14. The fraction of sp³-hybridized carbons (Fsp3) is 0.286. The lowest BCUT2D eigenvalue weighted by molar-refractivity contribution is -0.192. The quantitative estimate of drug-likeness (QED) is 0.190. The van der Waals surface area contributed by atoms with E-state index in [1.54, 1.807) is 12.3 Å². The first kappa shape index (κ1) is 28.7. The molecule has 0 saturated heterocycles. The number of guanidine groups is 1. The zero-order valence-electron chi connectivity index (χ0n) is 18.2. The van der Waals surface area contributed by atoms with Crippen LogP contribution in [0.2, 0.25) is 0 Å². The largest absolute Gasteiger partial charge is 0.490 e. The molecule has 1 amide bonds. The Hall–Kier alpha value is -4.36. The van der Waals surface area contributed by atoms with E-state index in [1.807, 2.05) is 30.3 Å². The van der Waals surface area contributed by atoms with Crippen LogP contribution in [0.1, 0.15) is 28.8 Å². The lowest BCUT2D eigenvalue weighted by atomic mass is 10.1. The van der Waals surface area contributed by atoms with Crippen molar-refractivity contribution in [2.45, 2.75) is 31.6 Å². The van der Waals surface area contributed by atoms with Gasteiger partial charge in [-0.25, -0.2) is 9.59 Å². The van der Waals surface area contributed by atoms with Crippen LogP contribution in [0.15, 0.2) is 58.4 Å². The average molecular weight is 499 g/mol. The van der Waals surface area contributed by atoms with Gasteiger partial charge in [0.2, 0.25) is 0 Å². The van der Waals surface area contributed by atoms with Crippen molar-refractivity contribution < 1.29 is 37.8 Å². The highest BCUT2D eigenvalue weighted by atomic mass is 19.4. The summed E-state index contributed by atoms with van der Waals surface area (Å²) in [6, 6.07) is 11.1. The number of amides is 1. The first-order valence-corrected chi connectivity index (χ1v) is 9.95. The maximum atomic E-state index is 12.6. The Morgan fingerprint density at radius 2 is 1.66 bits per heavy atom. The summed E-state index contributed by atoms with van der Waals surface area (Å²) in [7, 11) is 0. The van der Waals surface area contributed by atoms with Gasteiger partial charge in [-0.05, 0) is 30.5 Å². The Balaban J connectivity index is 0.000000762. The van der Waals surface area contributed by atoms with E-state index in [2.05, 4.69) is 10.3 Å². The van der Waals surface area contributed by atoms with E-state index < -0.39 is 35.6 Å². The normalized spacial score (nSPS) is 11.4. The summed E-state index contributed by atoms with van der Waals surface area (Å²) in [4.78, 5) is 49.2. The number of nitrogens with zero attached hydrogens (tertiary/aromatic N) is 2. The van der Waals surface area contributed by atoms with E-state index in [1.165, 1.54) is 10.6 Å². The van der Waals surface area contributed by atoms with Crippen molar-refractivity contribution >= 4 is 23.8 Å². The number of aliphatic carboxylic acids is 2. The standard InChI is InChI=1S/C19H23N5O4.C2HF3O2/c20-19(21)22-10-4-9-15(18(27)28)23-16(25)14-8-5-11-24(17(14)26)12-13-6-2-1-3-7-13;3-2(4,5)1(6)7/h1-3,5-8,11,15H,4,9-10,12H2,(H,23,25)(H,27,28)(H4,20,21,22);(H,6,7)/t15-;/m1./s1. The number of nitrogens with two attached hydrogens (primary N) is 2. The number of pyridine rings is 1. The molecule has 2 aromatic rings. The molecule has 0 aliphatic carbocycles. The Morgan fingerprint density at radius 1 is 1.06 bits per heavy atom. The van der Waals surface area contributed by atoms with Crippen molar-refractivity contribution in [2.75, 3.05) is 6.54 Å². The molecule has 7 N–H and O–H groups in total. The molecule has 1 atom stereocenters. The molecule has 1 aromatic carbocycles. The number of rotatable bonds is 9. The summed E-state index contributed by atoms with van der Waals surface area (Å²) in [6.07, 6.45) is -3.01. The molecule has 11 nitrogen and oxygen atoms in total. The molecule has 2 rings (SSSR count). The molecule has 0 aliphatic heterocycles. The second-order valence-corrected chi connectivity index (χ2v) is 6.96. The second kappa shape index (κ2) is 13.4. The summed E-state index contributed by atoms with van der Waals surface area (Å²) in [5.74, 6) is -4.77. The average Bonchev–Trinajstić information content (AvgIpc) is 2.77. The molecule has 35 heavy (non-hydrogen) atoms. The van der Waals surface area contributed by atoms with E-state index in [0.29, 0.717) is 13.0 Å². The van der Waals surface area contributed by atoms with Crippen LogP contribution >= 0.6 is 0 Å². The van der Waals surface area contributed by atoms with Gasteiger partial charge in [-0.15, -0.1) is 0 Å². The lowest BCUT2D eigenvalue weighted by Crippen LogP contribution is -2.43. The SMILES string of the molecule is NC(N)=NCCC[C@@H](NC(=O)c1cccn(Cc2ccccc2)c1=O)C(=O)O.O=C(O)C(F)(F)F. The van der Waals surface area contributed by atoms with Crippen LogP contribution < -0.4 is 22.3 Å². The van der Waals surface area contributed by atoms with E-state index >= 15 is 0 Å². The highest BCUT2D eigenvalue weighted by Gasteiger charge is 2.38. The molecule has 0 radical (unpaired) electrons. The number of hydrogen-bond acceptors (Lipinski definition) is 5. The summed E-state index contributed by atoms with van der Waals surface area (Å²) in [5.41, 5.74) is 10.7. The van der Waals surface area contributed by atoms with Crippen LogP contribution in [-0.4, -0.2) is 57.3 Å². The zero-order chi connectivity index (χ0) is 26.6. The summed E-state index contributed by atoms with van der Waals surface area (Å²) in [5, 5.41) is 18.8. The number of carbonyl (C=O) groups is 3. The Morgan fingerprint density at radius 3 is 2.17 bits per heavy atom. The van der Waals surface area contributed by atoms with Gasteiger partial charge in [0, 0.05) is 12.7 Å². The third kappa shape index (κ3) is 10.4. The van der Waals surface area contributed by atoms with Crippen LogP contribution in [0.3, 0.4) is 0 Å². The van der Waals surface area contributed by atoms with Crippen molar-refractivity contribution in [3.8, 4) is 0 Å². The summed E-state index contributed by atoms with van der Waals surface area (Å²) in [6.45, 7) is 0.554. The third-order valence-corrected chi connectivity index (χ3v) is 4.25. The first-order valence-electron chi connectivity index (χ1n) is 9.95. The molecule has 190 valence electrons. The van der Waals surface area contributed by atoms with Crippen molar-refractivity contribution in [3.05, 3.63) is 70.1 Å². The predicted molar refractivity (Wildman–Crippen MR) is 119 cm³/mol. The van der Waals surface area contributed by atoms with E-state index in [9.17, 15) is 32.7 Å². The molecule has 0 bridgehead atoms. The van der Waals surface area contributed by atoms with Crippen molar-refractivity contribution in [2.24, 2.45) is 16.5 Å². The Kier molecular flexibility index (Phi) is 11.0. The molecule has 0 spiro atoms. The fourth-order valence-electron chi connectivity index (χ4n) is 2.61. The molecular weight excluding hydrogens is 475 g/mol. The number of carbonyl (C=O) groups excluding carboxylic acids is 1. The van der Waals surface area contributed by atoms with Crippen molar-refractivity contribution in [1.29, 1.82) is 0 Å². The number of aliphatic imine (C=N–C) groups is 1. The number of carboxylic acids is 2. The summed E-state index contributed by atoms with van der Waals surface area (Å²) >= 11 is 0. The van der Waals surface area contributed by atoms with Gasteiger partial charge in [0.05, 0.1) is 6.54 Å². The number of alkyl halides is 3. The zero-order valence-corrected chi connectivity index (χ0v) is 18.2. The van der Waals surface area contributed by atoms with E-state index in [4.69, 9.17) is 21.4 Å². The van der Waals surface area contributed by atoms with E-state index in [-0.39, 0.29) is 24.5 Å². The smallest absolute Gasteiger partial charge is 0.480 e. The topological polar surface area (TPSA) is 190 Å². The van der Waals surface area contributed by atoms with Gasteiger partial charge >= 0.3 is 18.1 Å². The first-order chi connectivity index (χ1) is 16.3. The van der Waals surface area contributed by atoms with Gasteiger partial charge < -0.3 is 31.6 Å². The highest BCUT2D eigenvalue weighted by Crippen LogP contribution is 2.13. The van der Waals surface area contributed by atoms with Crippen LogP contribution in [0.4, 0.5) is 13.2 Å².